The molecule has 0 aliphatic carbocycles. The van der Waals surface area contributed by atoms with E-state index in [0.29, 0.717) is 18.5 Å². The predicted molar refractivity (Wildman–Crippen MR) is 90.7 cm³/mol. The summed E-state index contributed by atoms with van der Waals surface area (Å²) in [5.41, 5.74) is 1.36. The number of fused-ring (bicyclic) bond motifs is 1. The number of carbonyl (C=O) groups is 1. The van der Waals surface area contributed by atoms with Crippen LogP contribution < -0.4 is 5.32 Å². The first-order valence-electron chi connectivity index (χ1n) is 7.73. The molecule has 0 bridgehead atoms. The number of halogens is 4. The van der Waals surface area contributed by atoms with E-state index < -0.39 is 22.8 Å². The Bertz CT molecular complexity index is 906. The van der Waals surface area contributed by atoms with E-state index in [1.54, 1.807) is 12.1 Å². The van der Waals surface area contributed by atoms with E-state index in [-0.39, 0.29) is 12.2 Å². The number of nitrogens with zero attached hydrogens (tertiary/aromatic N) is 2. The Labute approximate surface area is 152 Å². The van der Waals surface area contributed by atoms with Crippen molar-refractivity contribution in [2.45, 2.75) is 19.1 Å². The van der Waals surface area contributed by atoms with Gasteiger partial charge in [-0.3, -0.25) is 0 Å². The maximum Gasteiger partial charge on any atom is 0.417 e. The maximum absolute atomic E-state index is 12.9. The Morgan fingerprint density at radius 2 is 2.04 bits per heavy atom. The van der Waals surface area contributed by atoms with Gasteiger partial charge in [0.05, 0.1) is 22.2 Å². The van der Waals surface area contributed by atoms with Gasteiger partial charge in [-0.2, -0.15) is 18.4 Å². The van der Waals surface area contributed by atoms with Crippen molar-refractivity contribution < 1.29 is 18.0 Å². The lowest BCUT2D eigenvalue weighted by Crippen LogP contribution is -2.39. The zero-order chi connectivity index (χ0) is 18.9. The minimum absolute atomic E-state index is 0.0169. The van der Waals surface area contributed by atoms with Crippen molar-refractivity contribution in [1.29, 1.82) is 5.26 Å². The lowest BCUT2D eigenvalue weighted by Gasteiger charge is -2.29. The van der Waals surface area contributed by atoms with Gasteiger partial charge in [-0.25, -0.2) is 4.79 Å². The Morgan fingerprint density at radius 1 is 1.27 bits per heavy atom. The molecule has 1 aliphatic heterocycles. The summed E-state index contributed by atoms with van der Waals surface area (Å²) >= 11 is 5.58. The molecule has 2 amide bonds. The van der Waals surface area contributed by atoms with Crippen LogP contribution in [0.3, 0.4) is 0 Å². The Kier molecular flexibility index (Phi) is 4.79. The molecule has 8 heteroatoms. The summed E-state index contributed by atoms with van der Waals surface area (Å²) in [6, 6.07) is 10.2. The van der Waals surface area contributed by atoms with E-state index in [1.807, 2.05) is 6.07 Å². The second kappa shape index (κ2) is 6.89. The fraction of sp³-hybridized carbons (Fsp3) is 0.222. The zero-order valence-electron chi connectivity index (χ0n) is 13.4. The normalized spacial score (nSPS) is 13.7. The van der Waals surface area contributed by atoms with Crippen molar-refractivity contribution in [2.24, 2.45) is 0 Å². The average Bonchev–Trinajstić information content (AvgIpc) is 2.61. The minimum Gasteiger partial charge on any atom is -0.320 e. The maximum atomic E-state index is 12.9. The number of alkyl halides is 3. The van der Waals surface area contributed by atoms with Gasteiger partial charge in [0.1, 0.15) is 0 Å². The van der Waals surface area contributed by atoms with Gasteiger partial charge in [-0.05, 0) is 41.8 Å². The number of carbonyl (C=O) groups excluding carboxylic acids is 1. The molecule has 26 heavy (non-hydrogen) atoms. The smallest absolute Gasteiger partial charge is 0.320 e. The summed E-state index contributed by atoms with van der Waals surface area (Å²) < 4.78 is 38.8. The van der Waals surface area contributed by atoms with Gasteiger partial charge in [-0.15, -0.1) is 0 Å². The topological polar surface area (TPSA) is 56.1 Å². The molecule has 0 radical (unpaired) electrons. The van der Waals surface area contributed by atoms with E-state index in [1.165, 1.54) is 11.0 Å². The van der Waals surface area contributed by atoms with Gasteiger partial charge in [0, 0.05) is 18.8 Å². The van der Waals surface area contributed by atoms with Crippen LogP contribution in [0.15, 0.2) is 36.4 Å². The summed E-state index contributed by atoms with van der Waals surface area (Å²) in [7, 11) is 0. The highest BCUT2D eigenvalue weighted by atomic mass is 35.5. The van der Waals surface area contributed by atoms with Crippen molar-refractivity contribution >= 4 is 23.3 Å². The summed E-state index contributed by atoms with van der Waals surface area (Å²) in [5.74, 6) is 0. The van der Waals surface area contributed by atoms with Crippen LogP contribution in [0, 0.1) is 11.3 Å². The molecule has 0 atom stereocenters. The molecule has 0 spiro atoms. The first kappa shape index (κ1) is 18.1. The molecule has 134 valence electrons. The lowest BCUT2D eigenvalue weighted by molar-refractivity contribution is -0.137. The number of hydrogen-bond donors (Lipinski definition) is 1. The molecular weight excluding hydrogens is 367 g/mol. The van der Waals surface area contributed by atoms with Gasteiger partial charge in [0.15, 0.2) is 0 Å². The van der Waals surface area contributed by atoms with E-state index in [0.717, 1.165) is 23.3 Å². The highest BCUT2D eigenvalue weighted by molar-refractivity contribution is 6.31. The molecule has 0 saturated heterocycles. The Morgan fingerprint density at radius 3 is 2.73 bits per heavy atom. The van der Waals surface area contributed by atoms with Gasteiger partial charge >= 0.3 is 12.2 Å². The predicted octanol–water partition coefficient (Wildman–Crippen LogP) is 4.82. The SMILES string of the molecule is N#Cc1cccc2c1CCN(C(=O)Nc1ccc(Cl)c(C(F)(F)F)c1)C2. The van der Waals surface area contributed by atoms with Crippen LogP contribution in [0.1, 0.15) is 22.3 Å². The van der Waals surface area contributed by atoms with Gasteiger partial charge < -0.3 is 10.2 Å². The van der Waals surface area contributed by atoms with Gasteiger partial charge in [-0.1, -0.05) is 23.7 Å². The van der Waals surface area contributed by atoms with Crippen LogP contribution in [0.4, 0.5) is 23.7 Å². The third-order valence-electron chi connectivity index (χ3n) is 4.20. The van der Waals surface area contributed by atoms with Gasteiger partial charge in [0.25, 0.3) is 0 Å². The third kappa shape index (κ3) is 3.60. The quantitative estimate of drug-likeness (QED) is 0.772. The molecule has 2 aromatic carbocycles. The molecule has 0 aromatic heterocycles. The number of rotatable bonds is 1. The van der Waals surface area contributed by atoms with Crippen molar-refractivity contribution in [1.82, 2.24) is 4.90 Å². The second-order valence-electron chi connectivity index (χ2n) is 5.85. The van der Waals surface area contributed by atoms with Gasteiger partial charge in [0.2, 0.25) is 0 Å². The Hall–Kier alpha value is -2.72. The first-order valence-corrected chi connectivity index (χ1v) is 8.11. The highest BCUT2D eigenvalue weighted by Crippen LogP contribution is 2.36. The van der Waals surface area contributed by atoms with Crippen molar-refractivity contribution in [3.8, 4) is 6.07 Å². The molecule has 2 aromatic rings. The van der Waals surface area contributed by atoms with Crippen LogP contribution in [-0.4, -0.2) is 17.5 Å². The molecule has 1 N–H and O–H groups in total. The van der Waals surface area contributed by atoms with Crippen molar-refractivity contribution in [3.63, 3.8) is 0 Å². The van der Waals surface area contributed by atoms with Crippen LogP contribution in [0.2, 0.25) is 5.02 Å². The number of benzene rings is 2. The standard InChI is InChI=1S/C18H13ClF3N3O/c19-16-5-4-13(8-15(16)18(20,21)22)24-17(26)25-7-6-14-11(9-23)2-1-3-12(14)10-25/h1-5,8H,6-7,10H2,(H,24,26). The third-order valence-corrected chi connectivity index (χ3v) is 4.53. The van der Waals surface area contributed by atoms with E-state index in [9.17, 15) is 18.0 Å². The largest absolute Gasteiger partial charge is 0.417 e. The summed E-state index contributed by atoms with van der Waals surface area (Å²) in [5, 5.41) is 11.2. The number of amides is 2. The minimum atomic E-state index is -4.60. The fourth-order valence-corrected chi connectivity index (χ4v) is 3.14. The molecule has 4 nitrogen and oxygen atoms in total. The van der Waals surface area contributed by atoms with Crippen molar-refractivity contribution in [2.75, 3.05) is 11.9 Å². The Balaban J connectivity index is 1.77. The molecule has 0 unspecified atom stereocenters. The summed E-state index contributed by atoms with van der Waals surface area (Å²) in [6.45, 7) is 0.660. The van der Waals surface area contributed by atoms with Crippen LogP contribution >= 0.6 is 11.6 Å². The average molecular weight is 380 g/mol. The van der Waals surface area contributed by atoms with Crippen LogP contribution in [0.5, 0.6) is 0 Å². The number of nitriles is 1. The zero-order valence-corrected chi connectivity index (χ0v) is 14.2. The summed E-state index contributed by atoms with van der Waals surface area (Å²) in [6.07, 6.45) is -4.09. The summed E-state index contributed by atoms with van der Waals surface area (Å²) in [4.78, 5) is 13.9. The molecule has 1 aliphatic rings. The highest BCUT2D eigenvalue weighted by Gasteiger charge is 2.33. The molecule has 0 saturated carbocycles. The lowest BCUT2D eigenvalue weighted by atomic mass is 9.95. The second-order valence-corrected chi connectivity index (χ2v) is 6.26. The fourth-order valence-electron chi connectivity index (χ4n) is 2.91. The van der Waals surface area contributed by atoms with E-state index in [2.05, 4.69) is 11.4 Å². The monoisotopic (exact) mass is 379 g/mol. The molecule has 0 fully saturated rings. The van der Waals surface area contributed by atoms with Crippen LogP contribution in [0.25, 0.3) is 0 Å². The number of hydrogen-bond acceptors (Lipinski definition) is 2. The molecule has 3 rings (SSSR count). The first-order chi connectivity index (χ1) is 12.3. The number of nitrogens with one attached hydrogen (secondary N) is 1. The molecular formula is C18H13ClF3N3O. The number of urea groups is 1. The van der Waals surface area contributed by atoms with E-state index in [4.69, 9.17) is 16.9 Å². The molecule has 1 heterocycles. The van der Waals surface area contributed by atoms with E-state index >= 15 is 0 Å². The van der Waals surface area contributed by atoms with Crippen molar-refractivity contribution in [3.05, 3.63) is 63.7 Å². The van der Waals surface area contributed by atoms with Crippen LogP contribution in [-0.2, 0) is 19.1 Å². The number of anilines is 1.